The molecule has 1 aliphatic carbocycles. The van der Waals surface area contributed by atoms with Gasteiger partial charge in [0.15, 0.2) is 0 Å². The number of nitrogens with one attached hydrogen (secondary N) is 1. The molecular weight excluding hydrogens is 398 g/mol. The maximum Gasteiger partial charge on any atom is 0.220 e. The van der Waals surface area contributed by atoms with Gasteiger partial charge in [-0.1, -0.05) is 70.8 Å². The van der Waals surface area contributed by atoms with Crippen LogP contribution in [0.3, 0.4) is 0 Å². The quantitative estimate of drug-likeness (QED) is 0.215. The van der Waals surface area contributed by atoms with Crippen molar-refractivity contribution in [3.63, 3.8) is 0 Å². The first-order chi connectivity index (χ1) is 15.7. The van der Waals surface area contributed by atoms with Crippen LogP contribution in [0.25, 0.3) is 0 Å². The van der Waals surface area contributed by atoms with Crippen LogP contribution in [-0.4, -0.2) is 26.2 Å². The highest BCUT2D eigenvalue weighted by Gasteiger charge is 2.21. The SMILES string of the molecule is CCCCCCc1ccc(OC)cc1OCCCCCCCCCCC(=O)NCC1CC1. The lowest BCUT2D eigenvalue weighted by Crippen LogP contribution is -2.25. The van der Waals surface area contributed by atoms with Crippen LogP contribution in [0.15, 0.2) is 18.2 Å². The molecule has 2 rings (SSSR count). The molecule has 0 saturated heterocycles. The molecule has 0 heterocycles. The third kappa shape index (κ3) is 12.4. The molecule has 1 N–H and O–H groups in total. The monoisotopic (exact) mass is 445 g/mol. The lowest BCUT2D eigenvalue weighted by Gasteiger charge is -2.13. The molecule has 0 unspecified atom stereocenters. The van der Waals surface area contributed by atoms with E-state index in [0.29, 0.717) is 6.42 Å². The molecule has 32 heavy (non-hydrogen) atoms. The molecule has 0 atom stereocenters. The summed E-state index contributed by atoms with van der Waals surface area (Å²) >= 11 is 0. The maximum absolute atomic E-state index is 11.7. The van der Waals surface area contributed by atoms with Gasteiger partial charge in [-0.25, -0.2) is 0 Å². The van der Waals surface area contributed by atoms with Crippen LogP contribution in [0.4, 0.5) is 0 Å². The molecule has 1 aliphatic rings. The van der Waals surface area contributed by atoms with Gasteiger partial charge < -0.3 is 14.8 Å². The number of ether oxygens (including phenoxy) is 2. The Morgan fingerprint density at radius 2 is 1.62 bits per heavy atom. The first-order valence-corrected chi connectivity index (χ1v) is 13.3. The highest BCUT2D eigenvalue weighted by molar-refractivity contribution is 5.75. The Hall–Kier alpha value is -1.71. The van der Waals surface area contributed by atoms with Gasteiger partial charge in [-0.05, 0) is 56.1 Å². The average molecular weight is 446 g/mol. The zero-order valence-electron chi connectivity index (χ0n) is 20.8. The minimum atomic E-state index is 0.247. The Balaban J connectivity index is 1.47. The molecule has 4 heteroatoms. The molecule has 1 fully saturated rings. The highest BCUT2D eigenvalue weighted by Crippen LogP contribution is 2.28. The van der Waals surface area contributed by atoms with Crippen LogP contribution >= 0.6 is 0 Å². The summed E-state index contributed by atoms with van der Waals surface area (Å²) in [5.41, 5.74) is 1.31. The number of carbonyl (C=O) groups excluding carboxylic acids is 1. The predicted molar refractivity (Wildman–Crippen MR) is 134 cm³/mol. The summed E-state index contributed by atoms with van der Waals surface area (Å²) in [7, 11) is 1.71. The zero-order valence-corrected chi connectivity index (χ0v) is 20.8. The van der Waals surface area contributed by atoms with Crippen LogP contribution in [0.1, 0.15) is 109 Å². The lowest BCUT2D eigenvalue weighted by molar-refractivity contribution is -0.121. The summed E-state index contributed by atoms with van der Waals surface area (Å²) in [6, 6.07) is 6.25. The molecule has 0 radical (unpaired) electrons. The van der Waals surface area contributed by atoms with E-state index in [4.69, 9.17) is 9.47 Å². The Morgan fingerprint density at radius 3 is 2.31 bits per heavy atom. The summed E-state index contributed by atoms with van der Waals surface area (Å²) in [4.78, 5) is 11.7. The number of benzene rings is 1. The molecular formula is C28H47NO3. The molecule has 0 bridgehead atoms. The molecule has 1 amide bonds. The number of carbonyl (C=O) groups is 1. The largest absolute Gasteiger partial charge is 0.497 e. The second kappa shape index (κ2) is 16.9. The van der Waals surface area contributed by atoms with E-state index in [1.54, 1.807) is 7.11 Å². The van der Waals surface area contributed by atoms with E-state index < -0.39 is 0 Å². The van der Waals surface area contributed by atoms with Crippen LogP contribution in [0, 0.1) is 5.92 Å². The van der Waals surface area contributed by atoms with E-state index in [2.05, 4.69) is 18.3 Å². The van der Waals surface area contributed by atoms with Crippen molar-refractivity contribution in [2.45, 2.75) is 110 Å². The fraction of sp³-hybridized carbons (Fsp3) is 0.750. The van der Waals surface area contributed by atoms with Crippen molar-refractivity contribution in [2.75, 3.05) is 20.3 Å². The van der Waals surface area contributed by atoms with Crippen molar-refractivity contribution in [3.8, 4) is 11.5 Å². The Kier molecular flexibility index (Phi) is 14.0. The van der Waals surface area contributed by atoms with Gasteiger partial charge in [-0.2, -0.15) is 0 Å². The Morgan fingerprint density at radius 1 is 0.938 bits per heavy atom. The number of amides is 1. The van der Waals surface area contributed by atoms with E-state index in [1.807, 2.05) is 12.1 Å². The van der Waals surface area contributed by atoms with E-state index in [0.717, 1.165) is 49.8 Å². The summed E-state index contributed by atoms with van der Waals surface area (Å²) in [6.07, 6.45) is 19.1. The van der Waals surface area contributed by atoms with Gasteiger partial charge >= 0.3 is 0 Å². The number of rotatable bonds is 20. The summed E-state index contributed by atoms with van der Waals surface area (Å²) in [5, 5.41) is 3.05. The Bertz CT molecular complexity index is 627. The van der Waals surface area contributed by atoms with Crippen molar-refractivity contribution in [3.05, 3.63) is 23.8 Å². The van der Waals surface area contributed by atoms with Crippen molar-refractivity contribution in [2.24, 2.45) is 5.92 Å². The van der Waals surface area contributed by atoms with Gasteiger partial charge in [-0.3, -0.25) is 4.79 Å². The third-order valence-corrected chi connectivity index (χ3v) is 6.41. The minimum Gasteiger partial charge on any atom is -0.497 e. The van der Waals surface area contributed by atoms with Crippen molar-refractivity contribution in [1.29, 1.82) is 0 Å². The van der Waals surface area contributed by atoms with Crippen LogP contribution in [-0.2, 0) is 11.2 Å². The number of unbranched alkanes of at least 4 members (excludes halogenated alkanes) is 10. The minimum absolute atomic E-state index is 0.247. The third-order valence-electron chi connectivity index (χ3n) is 6.41. The van der Waals surface area contributed by atoms with Crippen molar-refractivity contribution < 1.29 is 14.3 Å². The van der Waals surface area contributed by atoms with Gasteiger partial charge in [0, 0.05) is 19.0 Å². The standard InChI is InChI=1S/C28H47NO3/c1-3-4-5-12-15-25-19-20-26(31-2)22-27(25)32-21-14-11-9-7-6-8-10-13-16-28(30)29-23-24-17-18-24/h19-20,22,24H,3-18,21,23H2,1-2H3,(H,29,30). The summed E-state index contributed by atoms with van der Waals surface area (Å²) in [5.74, 6) is 2.90. The molecule has 1 aromatic carbocycles. The predicted octanol–water partition coefficient (Wildman–Crippen LogP) is 7.23. The van der Waals surface area contributed by atoms with Gasteiger partial charge in [0.2, 0.25) is 5.91 Å². The first kappa shape index (κ1) is 26.5. The number of aryl methyl sites for hydroxylation is 1. The van der Waals surface area contributed by atoms with Crippen LogP contribution in [0.2, 0.25) is 0 Å². The second-order valence-corrected chi connectivity index (χ2v) is 9.46. The fourth-order valence-electron chi connectivity index (χ4n) is 4.04. The van der Waals surface area contributed by atoms with E-state index in [-0.39, 0.29) is 5.91 Å². The summed E-state index contributed by atoms with van der Waals surface area (Å²) in [6.45, 7) is 3.94. The molecule has 182 valence electrons. The van der Waals surface area contributed by atoms with Crippen LogP contribution < -0.4 is 14.8 Å². The van der Waals surface area contributed by atoms with E-state index in [9.17, 15) is 4.79 Å². The first-order valence-electron chi connectivity index (χ1n) is 13.3. The molecule has 1 aromatic rings. The topological polar surface area (TPSA) is 47.6 Å². The van der Waals surface area contributed by atoms with Crippen molar-refractivity contribution >= 4 is 5.91 Å². The number of hydrogen-bond donors (Lipinski definition) is 1. The highest BCUT2D eigenvalue weighted by atomic mass is 16.5. The van der Waals surface area contributed by atoms with Gasteiger partial charge in [0.05, 0.1) is 13.7 Å². The number of methoxy groups -OCH3 is 1. The van der Waals surface area contributed by atoms with Crippen LogP contribution in [0.5, 0.6) is 11.5 Å². The van der Waals surface area contributed by atoms with Gasteiger partial charge in [-0.15, -0.1) is 0 Å². The molecule has 0 spiro atoms. The molecule has 0 aliphatic heterocycles. The lowest BCUT2D eigenvalue weighted by atomic mass is 10.0. The molecule has 4 nitrogen and oxygen atoms in total. The molecule has 1 saturated carbocycles. The number of hydrogen-bond acceptors (Lipinski definition) is 3. The maximum atomic E-state index is 11.7. The second-order valence-electron chi connectivity index (χ2n) is 9.46. The zero-order chi connectivity index (χ0) is 22.9. The van der Waals surface area contributed by atoms with Gasteiger partial charge in [0.1, 0.15) is 11.5 Å². The Labute approximate surface area is 196 Å². The van der Waals surface area contributed by atoms with Gasteiger partial charge in [0.25, 0.3) is 0 Å². The average Bonchev–Trinajstić information content (AvgIpc) is 3.64. The fourth-order valence-corrected chi connectivity index (χ4v) is 4.04. The summed E-state index contributed by atoms with van der Waals surface area (Å²) < 4.78 is 11.5. The molecule has 0 aromatic heterocycles. The van der Waals surface area contributed by atoms with E-state index >= 15 is 0 Å². The normalized spacial score (nSPS) is 13.2. The van der Waals surface area contributed by atoms with Crippen molar-refractivity contribution in [1.82, 2.24) is 5.32 Å². The van der Waals surface area contributed by atoms with E-state index in [1.165, 1.54) is 82.6 Å². The smallest absolute Gasteiger partial charge is 0.220 e.